The lowest BCUT2D eigenvalue weighted by atomic mass is 9.95. The second kappa shape index (κ2) is 6.05. The van der Waals surface area contributed by atoms with Gasteiger partial charge < -0.3 is 4.90 Å². The van der Waals surface area contributed by atoms with E-state index in [1.807, 2.05) is 18.7 Å². The fourth-order valence-electron chi connectivity index (χ4n) is 3.59. The van der Waals surface area contributed by atoms with Crippen molar-refractivity contribution in [2.75, 3.05) is 23.1 Å². The summed E-state index contributed by atoms with van der Waals surface area (Å²) in [6, 6.07) is 4.52. The molecule has 3 heterocycles. The SMILES string of the molecule is Cc1cc(C)c(-c2csc3c(N4CCSC4)nc(C)nc23)c(C)c1. The number of nitrogens with zero attached hydrogens (tertiary/aromatic N) is 3. The summed E-state index contributed by atoms with van der Waals surface area (Å²) in [6.07, 6.45) is 0. The van der Waals surface area contributed by atoms with Gasteiger partial charge in [0.25, 0.3) is 0 Å². The van der Waals surface area contributed by atoms with Gasteiger partial charge in [0.15, 0.2) is 5.82 Å². The van der Waals surface area contributed by atoms with Crippen LogP contribution in [-0.2, 0) is 0 Å². The Morgan fingerprint density at radius 3 is 2.46 bits per heavy atom. The summed E-state index contributed by atoms with van der Waals surface area (Å²) in [5, 5.41) is 2.26. The third-order valence-electron chi connectivity index (χ3n) is 4.51. The Hall–Kier alpha value is -1.59. The highest BCUT2D eigenvalue weighted by Crippen LogP contribution is 2.40. The monoisotopic (exact) mass is 355 g/mol. The molecule has 3 nitrogen and oxygen atoms in total. The zero-order valence-electron chi connectivity index (χ0n) is 14.5. The highest BCUT2D eigenvalue weighted by Gasteiger charge is 2.21. The molecule has 0 radical (unpaired) electrons. The molecular weight excluding hydrogens is 334 g/mol. The van der Waals surface area contributed by atoms with Gasteiger partial charge in [-0.2, -0.15) is 0 Å². The molecule has 1 aromatic carbocycles. The average Bonchev–Trinajstić information content (AvgIpc) is 3.16. The van der Waals surface area contributed by atoms with Crippen LogP contribution in [0, 0.1) is 27.7 Å². The first-order valence-corrected chi connectivity index (χ1v) is 10.2. The van der Waals surface area contributed by atoms with Crippen molar-refractivity contribution in [1.29, 1.82) is 0 Å². The lowest BCUT2D eigenvalue weighted by Crippen LogP contribution is -2.20. The molecule has 0 amide bonds. The van der Waals surface area contributed by atoms with Gasteiger partial charge in [-0.25, -0.2) is 9.97 Å². The topological polar surface area (TPSA) is 29.0 Å². The Morgan fingerprint density at radius 2 is 1.79 bits per heavy atom. The highest BCUT2D eigenvalue weighted by atomic mass is 32.2. The van der Waals surface area contributed by atoms with E-state index < -0.39 is 0 Å². The van der Waals surface area contributed by atoms with Crippen molar-refractivity contribution < 1.29 is 0 Å². The van der Waals surface area contributed by atoms with Crippen molar-refractivity contribution in [2.45, 2.75) is 27.7 Å². The minimum absolute atomic E-state index is 0.858. The minimum atomic E-state index is 0.858. The highest BCUT2D eigenvalue weighted by molar-refractivity contribution is 7.99. The van der Waals surface area contributed by atoms with Crippen molar-refractivity contribution in [1.82, 2.24) is 9.97 Å². The summed E-state index contributed by atoms with van der Waals surface area (Å²) in [6.45, 7) is 9.63. The summed E-state index contributed by atoms with van der Waals surface area (Å²) in [5.74, 6) is 4.18. The first-order valence-electron chi connectivity index (χ1n) is 8.21. The van der Waals surface area contributed by atoms with Gasteiger partial charge in [-0.15, -0.1) is 23.1 Å². The van der Waals surface area contributed by atoms with E-state index in [1.54, 1.807) is 11.3 Å². The van der Waals surface area contributed by atoms with Gasteiger partial charge >= 0.3 is 0 Å². The normalized spacial score (nSPS) is 14.8. The van der Waals surface area contributed by atoms with Gasteiger partial charge in [0.2, 0.25) is 0 Å². The van der Waals surface area contributed by atoms with Crippen LogP contribution in [0.25, 0.3) is 21.3 Å². The van der Waals surface area contributed by atoms with E-state index in [1.165, 1.54) is 38.3 Å². The number of thiophene rings is 1. The molecule has 0 N–H and O–H groups in total. The molecule has 24 heavy (non-hydrogen) atoms. The molecule has 4 rings (SSSR count). The van der Waals surface area contributed by atoms with Gasteiger partial charge in [-0.3, -0.25) is 0 Å². The minimum Gasteiger partial charge on any atom is -0.345 e. The Labute approximate surface area is 151 Å². The largest absolute Gasteiger partial charge is 0.345 e. The van der Waals surface area contributed by atoms with E-state index >= 15 is 0 Å². The fraction of sp³-hybridized carbons (Fsp3) is 0.368. The van der Waals surface area contributed by atoms with Crippen LogP contribution in [0.4, 0.5) is 5.82 Å². The van der Waals surface area contributed by atoms with E-state index in [0.717, 1.165) is 29.6 Å². The molecule has 0 saturated carbocycles. The van der Waals surface area contributed by atoms with Crippen LogP contribution < -0.4 is 4.90 Å². The zero-order chi connectivity index (χ0) is 16.8. The number of thioether (sulfide) groups is 1. The number of aryl methyl sites for hydroxylation is 4. The fourth-order valence-corrected chi connectivity index (χ4v) is 5.55. The molecule has 2 aromatic heterocycles. The van der Waals surface area contributed by atoms with Crippen LogP contribution in [0.1, 0.15) is 22.5 Å². The van der Waals surface area contributed by atoms with Gasteiger partial charge in [0.1, 0.15) is 5.82 Å². The van der Waals surface area contributed by atoms with Crippen LogP contribution in [0.2, 0.25) is 0 Å². The van der Waals surface area contributed by atoms with Crippen molar-refractivity contribution in [3.05, 3.63) is 40.0 Å². The lowest BCUT2D eigenvalue weighted by molar-refractivity contribution is 0.946. The predicted molar refractivity (Wildman–Crippen MR) is 106 cm³/mol. The first-order chi connectivity index (χ1) is 11.5. The van der Waals surface area contributed by atoms with E-state index in [0.29, 0.717) is 0 Å². The van der Waals surface area contributed by atoms with Crippen LogP contribution in [0.3, 0.4) is 0 Å². The van der Waals surface area contributed by atoms with Gasteiger partial charge in [0.05, 0.1) is 16.1 Å². The Balaban J connectivity index is 1.96. The van der Waals surface area contributed by atoms with E-state index in [2.05, 4.69) is 43.2 Å². The van der Waals surface area contributed by atoms with Crippen LogP contribution in [0.5, 0.6) is 0 Å². The first kappa shape index (κ1) is 15.9. The number of anilines is 1. The second-order valence-corrected chi connectivity index (χ2v) is 8.45. The van der Waals surface area contributed by atoms with Crippen LogP contribution in [-0.4, -0.2) is 28.1 Å². The molecule has 1 fully saturated rings. The molecule has 0 aliphatic carbocycles. The molecule has 0 unspecified atom stereocenters. The summed E-state index contributed by atoms with van der Waals surface area (Å²) in [7, 11) is 0. The van der Waals surface area contributed by atoms with Crippen molar-refractivity contribution in [3.63, 3.8) is 0 Å². The molecule has 0 spiro atoms. The molecule has 0 atom stereocenters. The Kier molecular flexibility index (Phi) is 4.01. The van der Waals surface area contributed by atoms with Crippen molar-refractivity contribution in [3.8, 4) is 11.1 Å². The molecule has 124 valence electrons. The summed E-state index contributed by atoms with van der Waals surface area (Å²) in [5.41, 5.74) is 7.64. The molecule has 1 aliphatic rings. The number of aromatic nitrogens is 2. The maximum atomic E-state index is 4.81. The second-order valence-electron chi connectivity index (χ2n) is 6.50. The van der Waals surface area contributed by atoms with Crippen LogP contribution in [0.15, 0.2) is 17.5 Å². The Bertz CT molecular complexity index is 901. The molecule has 1 saturated heterocycles. The molecular formula is C19H21N3S2. The molecule has 3 aromatic rings. The third kappa shape index (κ3) is 2.60. The van der Waals surface area contributed by atoms with Gasteiger partial charge in [-0.05, 0) is 44.4 Å². The number of benzene rings is 1. The number of fused-ring (bicyclic) bond motifs is 1. The number of hydrogen-bond donors (Lipinski definition) is 0. The third-order valence-corrected chi connectivity index (χ3v) is 6.44. The summed E-state index contributed by atoms with van der Waals surface area (Å²) >= 11 is 3.75. The van der Waals surface area contributed by atoms with E-state index in [4.69, 9.17) is 9.97 Å². The zero-order valence-corrected chi connectivity index (χ0v) is 16.1. The lowest BCUT2D eigenvalue weighted by Gasteiger charge is -2.17. The standard InChI is InChI=1S/C19H21N3S2/c1-11-7-12(2)16(13(3)8-11)15-9-24-18-17(15)20-14(4)21-19(18)22-5-6-23-10-22/h7-9H,5-6,10H2,1-4H3. The van der Waals surface area contributed by atoms with E-state index in [9.17, 15) is 0 Å². The van der Waals surface area contributed by atoms with Gasteiger partial charge in [0, 0.05) is 23.2 Å². The van der Waals surface area contributed by atoms with Gasteiger partial charge in [-0.1, -0.05) is 17.7 Å². The maximum Gasteiger partial charge on any atom is 0.151 e. The quantitative estimate of drug-likeness (QED) is 0.639. The number of rotatable bonds is 2. The van der Waals surface area contributed by atoms with Crippen LogP contribution >= 0.6 is 23.1 Å². The predicted octanol–water partition coefficient (Wildman–Crippen LogP) is 5.10. The van der Waals surface area contributed by atoms with E-state index in [-0.39, 0.29) is 0 Å². The average molecular weight is 356 g/mol. The van der Waals surface area contributed by atoms with Crippen molar-refractivity contribution in [2.24, 2.45) is 0 Å². The molecule has 0 bridgehead atoms. The maximum absolute atomic E-state index is 4.81. The summed E-state index contributed by atoms with van der Waals surface area (Å²) in [4.78, 5) is 12.0. The number of hydrogen-bond acceptors (Lipinski definition) is 5. The Morgan fingerprint density at radius 1 is 1.04 bits per heavy atom. The molecule has 5 heteroatoms. The smallest absolute Gasteiger partial charge is 0.151 e. The van der Waals surface area contributed by atoms with Crippen molar-refractivity contribution >= 4 is 39.1 Å². The molecule has 1 aliphatic heterocycles. The summed E-state index contributed by atoms with van der Waals surface area (Å²) < 4.78 is 1.22.